The number of nitrogens with zero attached hydrogens (tertiary/aromatic N) is 5. The fourth-order valence-electron chi connectivity index (χ4n) is 4.36. The van der Waals surface area contributed by atoms with Gasteiger partial charge in [-0.15, -0.1) is 0 Å². The maximum absolute atomic E-state index is 13.2. The second-order valence-corrected chi connectivity index (χ2v) is 9.28. The summed E-state index contributed by atoms with van der Waals surface area (Å²) in [6, 6.07) is -0.317. The van der Waals surface area contributed by atoms with Crippen molar-refractivity contribution in [3.05, 3.63) is 34.8 Å². The third-order valence-corrected chi connectivity index (χ3v) is 6.52. The second kappa shape index (κ2) is 9.54. The molecule has 2 heterocycles. The first-order valence-corrected chi connectivity index (χ1v) is 11.0. The highest BCUT2D eigenvalue weighted by molar-refractivity contribution is 6.33. The molecule has 1 aromatic rings. The fourth-order valence-corrected chi connectivity index (χ4v) is 4.54. The number of allylic oxidation sites excluding steroid dienone is 3. The second-order valence-electron chi connectivity index (χ2n) is 8.93. The standard InChI is InChI=1S/C22H33ClN6O2/c1-15-7-9-16(10-8-15)13-28(5)20(30)22(2)11-6-12-29(22)21(31)26-17-18(23)24-14-25-19(17)27(3)4/h7,9,14,20,30H,6,8,10-13H2,1-5H3,(H,26,31). The lowest BCUT2D eigenvalue weighted by Gasteiger charge is -2.43. The molecule has 2 amide bonds. The molecule has 31 heavy (non-hydrogen) atoms. The summed E-state index contributed by atoms with van der Waals surface area (Å²) in [6.07, 6.45) is 8.43. The van der Waals surface area contributed by atoms with Crippen molar-refractivity contribution in [1.82, 2.24) is 19.8 Å². The van der Waals surface area contributed by atoms with E-state index in [1.807, 2.05) is 33.0 Å². The van der Waals surface area contributed by atoms with E-state index in [0.29, 0.717) is 31.0 Å². The highest BCUT2D eigenvalue weighted by Crippen LogP contribution is 2.36. The van der Waals surface area contributed by atoms with Gasteiger partial charge in [0.2, 0.25) is 0 Å². The molecule has 2 atom stereocenters. The van der Waals surface area contributed by atoms with Gasteiger partial charge in [0.1, 0.15) is 18.2 Å². The number of carbonyl (C=O) groups is 1. The summed E-state index contributed by atoms with van der Waals surface area (Å²) >= 11 is 6.25. The number of aliphatic hydroxyl groups excluding tert-OH is 1. The van der Waals surface area contributed by atoms with Crippen LogP contribution in [0.15, 0.2) is 29.6 Å². The zero-order valence-corrected chi connectivity index (χ0v) is 19.8. The van der Waals surface area contributed by atoms with Crippen LogP contribution in [0.25, 0.3) is 0 Å². The molecule has 1 fully saturated rings. The zero-order valence-electron chi connectivity index (χ0n) is 19.0. The van der Waals surface area contributed by atoms with Crippen LogP contribution in [0.4, 0.5) is 16.3 Å². The van der Waals surface area contributed by atoms with Gasteiger partial charge in [-0.25, -0.2) is 14.8 Å². The summed E-state index contributed by atoms with van der Waals surface area (Å²) in [5.74, 6) is 0.527. The van der Waals surface area contributed by atoms with E-state index in [2.05, 4.69) is 34.4 Å². The Bertz CT molecular complexity index is 887. The maximum Gasteiger partial charge on any atom is 0.322 e. The van der Waals surface area contributed by atoms with Gasteiger partial charge in [0, 0.05) is 27.2 Å². The van der Waals surface area contributed by atoms with Crippen LogP contribution < -0.4 is 10.2 Å². The Morgan fingerprint density at radius 2 is 2.06 bits per heavy atom. The average molecular weight is 449 g/mol. The number of halogens is 1. The molecule has 0 saturated carbocycles. The first kappa shape index (κ1) is 23.5. The van der Waals surface area contributed by atoms with Gasteiger partial charge in [0.05, 0.1) is 5.54 Å². The first-order chi connectivity index (χ1) is 14.6. The van der Waals surface area contributed by atoms with Crippen LogP contribution in [0.3, 0.4) is 0 Å². The highest BCUT2D eigenvalue weighted by atomic mass is 35.5. The van der Waals surface area contributed by atoms with Crippen LogP contribution in [0.1, 0.15) is 39.5 Å². The molecule has 9 heteroatoms. The lowest BCUT2D eigenvalue weighted by molar-refractivity contribution is -0.0680. The van der Waals surface area contributed by atoms with Crippen molar-refractivity contribution in [2.24, 2.45) is 0 Å². The molecule has 3 rings (SSSR count). The van der Waals surface area contributed by atoms with Crippen LogP contribution in [-0.2, 0) is 0 Å². The van der Waals surface area contributed by atoms with Crippen molar-refractivity contribution >= 4 is 29.1 Å². The van der Waals surface area contributed by atoms with Crippen LogP contribution >= 0.6 is 11.6 Å². The summed E-state index contributed by atoms with van der Waals surface area (Å²) in [5.41, 5.74) is 2.30. The monoisotopic (exact) mass is 448 g/mol. The Balaban J connectivity index is 1.75. The quantitative estimate of drug-likeness (QED) is 0.511. The Kier molecular flexibility index (Phi) is 7.24. The molecule has 0 aromatic carbocycles. The molecule has 0 bridgehead atoms. The minimum absolute atomic E-state index is 0.179. The number of aliphatic hydroxyl groups is 1. The molecule has 1 aliphatic carbocycles. The van der Waals surface area contributed by atoms with E-state index in [9.17, 15) is 9.90 Å². The van der Waals surface area contributed by atoms with Crippen molar-refractivity contribution in [1.29, 1.82) is 0 Å². The van der Waals surface area contributed by atoms with Crippen LogP contribution in [0.5, 0.6) is 0 Å². The van der Waals surface area contributed by atoms with Crippen molar-refractivity contribution in [3.8, 4) is 0 Å². The van der Waals surface area contributed by atoms with Crippen molar-refractivity contribution < 1.29 is 9.90 Å². The molecule has 1 aromatic heterocycles. The Morgan fingerprint density at radius 3 is 2.71 bits per heavy atom. The summed E-state index contributed by atoms with van der Waals surface area (Å²) in [7, 11) is 5.55. The van der Waals surface area contributed by atoms with E-state index >= 15 is 0 Å². The molecule has 1 saturated heterocycles. The van der Waals surface area contributed by atoms with Gasteiger partial charge in [-0.3, -0.25) is 4.90 Å². The topological polar surface area (TPSA) is 84.8 Å². The highest BCUT2D eigenvalue weighted by Gasteiger charge is 2.47. The van der Waals surface area contributed by atoms with Crippen LogP contribution in [0, 0.1) is 0 Å². The third-order valence-electron chi connectivity index (χ3n) is 6.23. The van der Waals surface area contributed by atoms with Gasteiger partial charge < -0.3 is 20.2 Å². The van der Waals surface area contributed by atoms with E-state index in [-0.39, 0.29) is 11.2 Å². The SMILES string of the molecule is CC1=CC=C(CN(C)C(O)C2(C)CCCN2C(=O)Nc2c(Cl)ncnc2N(C)C)CC1. The Morgan fingerprint density at radius 1 is 1.32 bits per heavy atom. The number of carbonyl (C=O) groups excluding carboxylic acids is 1. The smallest absolute Gasteiger partial charge is 0.322 e. The molecular formula is C22H33ClN6O2. The van der Waals surface area contributed by atoms with Crippen LogP contribution in [0.2, 0.25) is 5.15 Å². The third kappa shape index (κ3) is 5.02. The lowest BCUT2D eigenvalue weighted by Crippen LogP contribution is -2.59. The number of aromatic nitrogens is 2. The van der Waals surface area contributed by atoms with Crippen molar-refractivity contribution in [2.75, 3.05) is 44.4 Å². The fraction of sp³-hybridized carbons (Fsp3) is 0.591. The van der Waals surface area contributed by atoms with Crippen LogP contribution in [-0.4, -0.2) is 76.9 Å². The van der Waals surface area contributed by atoms with Gasteiger partial charge in [-0.05, 0) is 46.6 Å². The number of anilines is 2. The predicted molar refractivity (Wildman–Crippen MR) is 124 cm³/mol. The number of nitrogens with one attached hydrogen (secondary N) is 1. The minimum Gasteiger partial charge on any atom is -0.376 e. The summed E-state index contributed by atoms with van der Waals surface area (Å²) in [4.78, 5) is 26.9. The first-order valence-electron chi connectivity index (χ1n) is 10.6. The molecule has 2 N–H and O–H groups in total. The van der Waals surface area contributed by atoms with Gasteiger partial charge in [0.15, 0.2) is 11.0 Å². The number of urea groups is 1. The van der Waals surface area contributed by atoms with Gasteiger partial charge in [0.25, 0.3) is 0 Å². The van der Waals surface area contributed by atoms with E-state index < -0.39 is 11.8 Å². The molecule has 0 radical (unpaired) electrons. The molecule has 8 nitrogen and oxygen atoms in total. The Labute approximate surface area is 189 Å². The van der Waals surface area contributed by atoms with Crippen molar-refractivity contribution in [2.45, 2.75) is 51.3 Å². The van der Waals surface area contributed by atoms with Gasteiger partial charge >= 0.3 is 6.03 Å². The molecule has 0 spiro atoms. The van der Waals surface area contributed by atoms with E-state index in [1.54, 1.807) is 9.80 Å². The van der Waals surface area contributed by atoms with E-state index in [0.717, 1.165) is 19.3 Å². The summed E-state index contributed by atoms with van der Waals surface area (Å²) in [6.45, 7) is 5.29. The van der Waals surface area contributed by atoms with Crippen molar-refractivity contribution in [3.63, 3.8) is 0 Å². The van der Waals surface area contributed by atoms with E-state index in [1.165, 1.54) is 17.5 Å². The molecule has 170 valence electrons. The number of amides is 2. The zero-order chi connectivity index (χ0) is 22.8. The average Bonchev–Trinajstić information content (AvgIpc) is 3.13. The minimum atomic E-state index is -0.801. The van der Waals surface area contributed by atoms with Gasteiger partial charge in [-0.1, -0.05) is 34.9 Å². The number of hydrogen-bond acceptors (Lipinski definition) is 6. The normalized spacial score (nSPS) is 22.3. The largest absolute Gasteiger partial charge is 0.376 e. The number of likely N-dealkylation sites (tertiary alicyclic amines) is 1. The number of likely N-dealkylation sites (N-methyl/N-ethyl adjacent to an activating group) is 1. The molecule has 1 aliphatic heterocycles. The maximum atomic E-state index is 13.2. The molecular weight excluding hydrogens is 416 g/mol. The molecule has 2 unspecified atom stereocenters. The lowest BCUT2D eigenvalue weighted by atomic mass is 9.94. The summed E-state index contributed by atoms with van der Waals surface area (Å²) in [5, 5.41) is 14.3. The summed E-state index contributed by atoms with van der Waals surface area (Å²) < 4.78 is 0. The van der Waals surface area contributed by atoms with Gasteiger partial charge in [-0.2, -0.15) is 0 Å². The Hall–Kier alpha value is -2.16. The predicted octanol–water partition coefficient (Wildman–Crippen LogP) is 3.50. The molecule has 2 aliphatic rings. The number of hydrogen-bond donors (Lipinski definition) is 2. The number of rotatable bonds is 6. The van der Waals surface area contributed by atoms with E-state index in [4.69, 9.17) is 11.6 Å².